The van der Waals surface area contributed by atoms with Crippen LogP contribution in [0.1, 0.15) is 18.5 Å². The van der Waals surface area contributed by atoms with Gasteiger partial charge in [0.25, 0.3) is 0 Å². The summed E-state index contributed by atoms with van der Waals surface area (Å²) < 4.78 is 4.45. The lowest BCUT2D eigenvalue weighted by molar-refractivity contribution is -0.120. The second-order valence-electron chi connectivity index (χ2n) is 3.13. The molecule has 7 heteroatoms. The summed E-state index contributed by atoms with van der Waals surface area (Å²) in [6, 6.07) is 1.88. The lowest BCUT2D eigenvalue weighted by Crippen LogP contribution is -2.26. The predicted octanol–water partition coefficient (Wildman–Crippen LogP) is 0.827. The highest BCUT2D eigenvalue weighted by Gasteiger charge is 2.13. The number of carbonyl (C=O) groups excluding carboxylic acids is 1. The summed E-state index contributed by atoms with van der Waals surface area (Å²) in [4.78, 5) is 11.1. The molecule has 0 aromatic carbocycles. The average molecular weight is 236 g/mol. The largest absolute Gasteiger partial charge is 0.329 e. The summed E-state index contributed by atoms with van der Waals surface area (Å²) in [5.41, 5.74) is 1.01. The van der Waals surface area contributed by atoms with Crippen LogP contribution in [0.5, 0.6) is 0 Å². The first-order chi connectivity index (χ1) is 7.79. The van der Waals surface area contributed by atoms with Crippen LogP contribution in [-0.4, -0.2) is 22.0 Å². The topological polar surface area (TPSA) is 91.8 Å². The highest BCUT2D eigenvalue weighted by atomic mass is 32.2. The van der Waals surface area contributed by atoms with E-state index in [1.165, 1.54) is 11.8 Å². The van der Waals surface area contributed by atoms with Crippen LogP contribution >= 0.6 is 11.8 Å². The summed E-state index contributed by atoms with van der Waals surface area (Å²) in [5, 5.41) is 18.9. The van der Waals surface area contributed by atoms with Crippen molar-refractivity contribution in [3.05, 3.63) is 17.5 Å². The van der Waals surface area contributed by atoms with Crippen molar-refractivity contribution >= 4 is 17.7 Å². The standard InChI is InChI=1S/C9H8N4O2S/c10-4-7-9(13-15-12-7)16-5-6-2-1-3-8(14)11-6/h2H,1,3,5H2,(H,11,14). The van der Waals surface area contributed by atoms with Crippen molar-refractivity contribution in [2.75, 3.05) is 5.75 Å². The number of amides is 1. The van der Waals surface area contributed by atoms with Crippen molar-refractivity contribution in [2.45, 2.75) is 17.9 Å². The summed E-state index contributed by atoms with van der Waals surface area (Å²) in [6.45, 7) is 0. The maximum Gasteiger partial charge on any atom is 0.224 e. The quantitative estimate of drug-likeness (QED) is 0.781. The van der Waals surface area contributed by atoms with Crippen LogP contribution in [0.25, 0.3) is 0 Å². The van der Waals surface area contributed by atoms with Crippen molar-refractivity contribution in [2.24, 2.45) is 0 Å². The molecule has 0 atom stereocenters. The van der Waals surface area contributed by atoms with Gasteiger partial charge >= 0.3 is 0 Å². The van der Waals surface area contributed by atoms with Gasteiger partial charge in [-0.25, -0.2) is 4.63 Å². The van der Waals surface area contributed by atoms with Crippen LogP contribution in [-0.2, 0) is 4.79 Å². The molecule has 1 aliphatic rings. The molecule has 1 amide bonds. The van der Waals surface area contributed by atoms with Crippen molar-refractivity contribution < 1.29 is 9.42 Å². The van der Waals surface area contributed by atoms with E-state index in [1.54, 1.807) is 0 Å². The Morgan fingerprint density at radius 3 is 3.25 bits per heavy atom. The van der Waals surface area contributed by atoms with Crippen molar-refractivity contribution in [3.63, 3.8) is 0 Å². The fraction of sp³-hybridized carbons (Fsp3) is 0.333. The number of nitriles is 1. The predicted molar refractivity (Wildman–Crippen MR) is 55.2 cm³/mol. The summed E-state index contributed by atoms with van der Waals surface area (Å²) >= 11 is 1.31. The minimum atomic E-state index is 0.0249. The molecule has 0 saturated carbocycles. The minimum absolute atomic E-state index is 0.0249. The fourth-order valence-corrected chi connectivity index (χ4v) is 2.04. The second-order valence-corrected chi connectivity index (χ2v) is 4.10. The van der Waals surface area contributed by atoms with Crippen molar-refractivity contribution in [3.8, 4) is 6.07 Å². The van der Waals surface area contributed by atoms with E-state index in [9.17, 15) is 4.79 Å². The van der Waals surface area contributed by atoms with Gasteiger partial charge in [0.2, 0.25) is 11.6 Å². The van der Waals surface area contributed by atoms with Gasteiger partial charge in [0, 0.05) is 17.9 Å². The third-order valence-corrected chi connectivity index (χ3v) is 2.99. The molecule has 1 N–H and O–H groups in total. The molecule has 0 bridgehead atoms. The van der Waals surface area contributed by atoms with Crippen molar-refractivity contribution in [1.82, 2.24) is 15.6 Å². The molecule has 82 valence electrons. The van der Waals surface area contributed by atoms with Crippen LogP contribution in [0.4, 0.5) is 0 Å². The average Bonchev–Trinajstić information content (AvgIpc) is 2.74. The van der Waals surface area contributed by atoms with Gasteiger partial charge in [0.1, 0.15) is 6.07 Å². The van der Waals surface area contributed by atoms with Crippen LogP contribution in [0.15, 0.2) is 21.4 Å². The SMILES string of the molecule is N#Cc1nonc1SCC1=CCCC(=O)N1. The van der Waals surface area contributed by atoms with Crippen LogP contribution in [0.3, 0.4) is 0 Å². The Bertz CT molecular complexity index is 474. The number of rotatable bonds is 3. The molecular weight excluding hydrogens is 228 g/mol. The first-order valence-corrected chi connectivity index (χ1v) is 5.62. The number of thioether (sulfide) groups is 1. The van der Waals surface area contributed by atoms with Gasteiger partial charge in [0.15, 0.2) is 5.03 Å². The van der Waals surface area contributed by atoms with Gasteiger partial charge in [-0.15, -0.1) is 0 Å². The molecule has 1 aliphatic heterocycles. The molecule has 1 aromatic rings. The molecule has 6 nitrogen and oxygen atoms in total. The highest BCUT2D eigenvalue weighted by molar-refractivity contribution is 7.99. The normalized spacial score (nSPS) is 15.2. The van der Waals surface area contributed by atoms with Crippen molar-refractivity contribution in [1.29, 1.82) is 5.26 Å². The molecule has 2 rings (SSSR count). The van der Waals surface area contributed by atoms with Gasteiger partial charge in [-0.05, 0) is 16.7 Å². The lowest BCUT2D eigenvalue weighted by Gasteiger charge is -2.12. The maximum absolute atomic E-state index is 11.1. The van der Waals surface area contributed by atoms with E-state index in [2.05, 4.69) is 20.3 Å². The smallest absolute Gasteiger partial charge is 0.224 e. The third-order valence-electron chi connectivity index (χ3n) is 1.99. The molecule has 0 radical (unpaired) electrons. The molecule has 0 spiro atoms. The van der Waals surface area contributed by atoms with E-state index in [1.807, 2.05) is 12.1 Å². The number of carbonyl (C=O) groups is 1. The van der Waals surface area contributed by atoms with Gasteiger partial charge in [-0.2, -0.15) is 5.26 Å². The summed E-state index contributed by atoms with van der Waals surface area (Å²) in [7, 11) is 0. The van der Waals surface area contributed by atoms with Gasteiger partial charge < -0.3 is 5.32 Å². The second kappa shape index (κ2) is 4.81. The first-order valence-electron chi connectivity index (χ1n) is 4.64. The van der Waals surface area contributed by atoms with E-state index >= 15 is 0 Å². The van der Waals surface area contributed by atoms with E-state index in [0.717, 1.165) is 12.1 Å². The maximum atomic E-state index is 11.1. The molecule has 0 unspecified atom stereocenters. The highest BCUT2D eigenvalue weighted by Crippen LogP contribution is 2.21. The van der Waals surface area contributed by atoms with Gasteiger partial charge in [-0.1, -0.05) is 17.8 Å². The molecule has 0 aliphatic carbocycles. The van der Waals surface area contributed by atoms with E-state index in [0.29, 0.717) is 17.2 Å². The number of aromatic nitrogens is 2. The Kier molecular flexibility index (Phi) is 3.22. The van der Waals surface area contributed by atoms with Crippen LogP contribution < -0.4 is 5.32 Å². The Morgan fingerprint density at radius 2 is 2.50 bits per heavy atom. The van der Waals surface area contributed by atoms with E-state index in [4.69, 9.17) is 5.26 Å². The van der Waals surface area contributed by atoms with Gasteiger partial charge in [-0.3, -0.25) is 4.79 Å². The third kappa shape index (κ3) is 2.41. The summed E-state index contributed by atoms with van der Waals surface area (Å²) in [6.07, 6.45) is 3.25. The Morgan fingerprint density at radius 1 is 1.62 bits per heavy atom. The van der Waals surface area contributed by atoms with Crippen LogP contribution in [0, 0.1) is 11.3 Å². The minimum Gasteiger partial charge on any atom is -0.329 e. The Balaban J connectivity index is 1.95. The first kappa shape index (κ1) is 10.7. The zero-order valence-corrected chi connectivity index (χ0v) is 9.08. The van der Waals surface area contributed by atoms with Crippen LogP contribution in [0.2, 0.25) is 0 Å². The number of hydrogen-bond acceptors (Lipinski definition) is 6. The monoisotopic (exact) mass is 236 g/mol. The van der Waals surface area contributed by atoms with E-state index < -0.39 is 0 Å². The lowest BCUT2D eigenvalue weighted by atomic mass is 10.2. The Labute approximate surface area is 95.7 Å². The molecule has 0 fully saturated rings. The number of hydrogen-bond donors (Lipinski definition) is 1. The molecule has 0 saturated heterocycles. The van der Waals surface area contributed by atoms with E-state index in [-0.39, 0.29) is 11.6 Å². The molecule has 2 heterocycles. The number of nitrogens with one attached hydrogen (secondary N) is 1. The molecular formula is C9H8N4O2S. The number of allylic oxidation sites excluding steroid dienone is 1. The van der Waals surface area contributed by atoms with Gasteiger partial charge in [0.05, 0.1) is 0 Å². The zero-order valence-electron chi connectivity index (χ0n) is 8.27. The summed E-state index contributed by atoms with van der Waals surface area (Å²) in [5.74, 6) is 0.575. The zero-order chi connectivity index (χ0) is 11.4. The molecule has 16 heavy (non-hydrogen) atoms. The number of nitrogens with zero attached hydrogens (tertiary/aromatic N) is 3. The fourth-order valence-electron chi connectivity index (χ4n) is 1.25. The molecule has 1 aromatic heterocycles. The Hall–Kier alpha value is -1.81.